The molecule has 1 saturated heterocycles. The first-order chi connectivity index (χ1) is 17.3. The van der Waals surface area contributed by atoms with Crippen molar-refractivity contribution in [1.29, 1.82) is 0 Å². The molecule has 1 aliphatic heterocycles. The van der Waals surface area contributed by atoms with Crippen LogP contribution in [0.4, 0.5) is 41.2 Å². The van der Waals surface area contributed by atoms with Crippen molar-refractivity contribution in [3.05, 3.63) is 76.2 Å². The van der Waals surface area contributed by atoms with Gasteiger partial charge in [-0.05, 0) is 36.4 Å². The van der Waals surface area contributed by atoms with Crippen LogP contribution in [0.2, 0.25) is 0 Å². The third-order valence-corrected chi connectivity index (χ3v) is 5.81. The average Bonchev–Trinajstić information content (AvgIpc) is 3.14. The van der Waals surface area contributed by atoms with Gasteiger partial charge in [0.25, 0.3) is 0 Å². The Balaban J connectivity index is 1.84. The van der Waals surface area contributed by atoms with Crippen LogP contribution in [0.15, 0.2) is 53.6 Å². The number of carbonyl (C=O) groups is 1. The van der Waals surface area contributed by atoms with Crippen molar-refractivity contribution < 1.29 is 40.3 Å². The van der Waals surface area contributed by atoms with E-state index >= 15 is 0 Å². The van der Waals surface area contributed by atoms with Gasteiger partial charge in [-0.3, -0.25) is 14.0 Å². The molecule has 2 aromatic carbocycles. The van der Waals surface area contributed by atoms with E-state index in [0.717, 1.165) is 47.0 Å². The fraction of sp³-hybridized carbons (Fsp3) is 0.304. The maximum Gasteiger partial charge on any atom is 0.420 e. The second-order valence-corrected chi connectivity index (χ2v) is 8.40. The molecule has 0 spiro atoms. The number of ether oxygens (including phenoxy) is 1. The number of carbonyl (C=O) groups excluding carboxylic acids is 1. The lowest BCUT2D eigenvalue weighted by atomic mass is 10.0. The number of hydrogen-bond acceptors (Lipinski definition) is 4. The van der Waals surface area contributed by atoms with Crippen LogP contribution in [0.25, 0.3) is 5.69 Å². The minimum atomic E-state index is -5.39. The predicted octanol–water partition coefficient (Wildman–Crippen LogP) is 4.67. The minimum Gasteiger partial charge on any atom is -0.407 e. The smallest absolute Gasteiger partial charge is 0.407 e. The van der Waals surface area contributed by atoms with E-state index in [1.54, 1.807) is 0 Å². The number of alkyl halides is 6. The first kappa shape index (κ1) is 26.3. The lowest BCUT2D eigenvalue weighted by molar-refractivity contribution is -0.143. The summed E-state index contributed by atoms with van der Waals surface area (Å²) in [5, 5.41) is 2.99. The van der Waals surface area contributed by atoms with Crippen LogP contribution in [0, 0.1) is 11.7 Å². The molecular weight excluding hydrogens is 513 g/mol. The van der Waals surface area contributed by atoms with Gasteiger partial charge in [-0.15, -0.1) is 0 Å². The van der Waals surface area contributed by atoms with Crippen molar-refractivity contribution in [3.63, 3.8) is 0 Å². The van der Waals surface area contributed by atoms with Crippen molar-refractivity contribution in [2.75, 3.05) is 25.0 Å². The summed E-state index contributed by atoms with van der Waals surface area (Å²) in [5.74, 6) is -1.87. The van der Waals surface area contributed by atoms with Crippen LogP contribution in [-0.2, 0) is 18.9 Å². The Morgan fingerprint density at radius 2 is 1.70 bits per heavy atom. The Morgan fingerprint density at radius 1 is 1.05 bits per heavy atom. The molecule has 1 N–H and O–H groups in total. The van der Waals surface area contributed by atoms with E-state index in [0.29, 0.717) is 23.7 Å². The maximum absolute atomic E-state index is 13.9. The summed E-state index contributed by atoms with van der Waals surface area (Å²) < 4.78 is 102. The first-order valence-corrected chi connectivity index (χ1v) is 10.8. The molecule has 1 fully saturated rings. The van der Waals surface area contributed by atoms with Crippen molar-refractivity contribution in [1.82, 2.24) is 14.5 Å². The Bertz CT molecular complexity index is 1360. The van der Waals surface area contributed by atoms with Gasteiger partial charge >= 0.3 is 24.1 Å². The number of hydrogen-bond donors (Lipinski definition) is 1. The van der Waals surface area contributed by atoms with E-state index < -0.39 is 52.5 Å². The third-order valence-electron chi connectivity index (χ3n) is 5.81. The second kappa shape index (κ2) is 9.57. The van der Waals surface area contributed by atoms with Gasteiger partial charge < -0.3 is 10.1 Å². The van der Waals surface area contributed by atoms with Crippen LogP contribution in [-0.4, -0.2) is 35.4 Å². The zero-order chi connectivity index (χ0) is 27.1. The number of amides is 1. The Hall–Kier alpha value is -3.81. The third kappa shape index (κ3) is 5.48. The van der Waals surface area contributed by atoms with E-state index in [4.69, 9.17) is 4.74 Å². The summed E-state index contributed by atoms with van der Waals surface area (Å²) in [4.78, 5) is 26.4. The maximum atomic E-state index is 13.9. The molecule has 14 heteroatoms. The molecule has 0 radical (unpaired) electrons. The molecule has 0 unspecified atom stereocenters. The molecule has 37 heavy (non-hydrogen) atoms. The lowest BCUT2D eigenvalue weighted by Gasteiger charge is -2.26. The van der Waals surface area contributed by atoms with Gasteiger partial charge in [0, 0.05) is 50.7 Å². The van der Waals surface area contributed by atoms with E-state index in [2.05, 4.69) is 5.32 Å². The van der Waals surface area contributed by atoms with Gasteiger partial charge in [0.1, 0.15) is 11.4 Å². The molecule has 0 saturated carbocycles. The summed E-state index contributed by atoms with van der Waals surface area (Å²) in [6.07, 6.45) is -9.77. The summed E-state index contributed by atoms with van der Waals surface area (Å²) in [6, 6.07) is 4.40. The molecule has 1 aromatic heterocycles. The van der Waals surface area contributed by atoms with Crippen LogP contribution < -0.4 is 20.6 Å². The minimum absolute atomic E-state index is 0.0332. The first-order valence-electron chi connectivity index (χ1n) is 10.8. The number of benzene rings is 2. The number of nitrogens with zero attached hydrogens (tertiary/aromatic N) is 3. The summed E-state index contributed by atoms with van der Waals surface area (Å²) in [6.45, 7) is 1.38. The van der Waals surface area contributed by atoms with Gasteiger partial charge in [-0.1, -0.05) is 0 Å². The quantitative estimate of drug-likeness (QED) is 0.485. The van der Waals surface area contributed by atoms with Crippen molar-refractivity contribution in [3.8, 4) is 11.4 Å². The molecule has 7 nitrogen and oxygen atoms in total. The molecule has 4 rings (SSSR count). The van der Waals surface area contributed by atoms with Gasteiger partial charge in [0.2, 0.25) is 0 Å². The highest BCUT2D eigenvalue weighted by atomic mass is 19.4. The number of rotatable bonds is 5. The van der Waals surface area contributed by atoms with Crippen LogP contribution in [0.3, 0.4) is 0 Å². The van der Waals surface area contributed by atoms with E-state index in [9.17, 15) is 40.3 Å². The highest BCUT2D eigenvalue weighted by Gasteiger charge is 2.42. The van der Waals surface area contributed by atoms with Crippen molar-refractivity contribution in [2.45, 2.75) is 18.9 Å². The topological polar surface area (TPSA) is 68.5 Å². The van der Waals surface area contributed by atoms with E-state index in [-0.39, 0.29) is 24.2 Å². The van der Waals surface area contributed by atoms with Gasteiger partial charge in [-0.25, -0.2) is 14.0 Å². The normalized spacial score (nSPS) is 14.4. The summed E-state index contributed by atoms with van der Waals surface area (Å²) in [5.41, 5.74) is -5.39. The second-order valence-electron chi connectivity index (χ2n) is 8.40. The lowest BCUT2D eigenvalue weighted by Crippen LogP contribution is -2.45. The Kier molecular flexibility index (Phi) is 6.79. The molecular formula is C23H19F7N4O3. The zero-order valence-electron chi connectivity index (χ0n) is 19.0. The molecule has 0 bridgehead atoms. The molecule has 2 heterocycles. The molecule has 0 aliphatic carbocycles. The predicted molar refractivity (Wildman–Crippen MR) is 117 cm³/mol. The van der Waals surface area contributed by atoms with Crippen molar-refractivity contribution in [2.24, 2.45) is 5.92 Å². The molecule has 0 atom stereocenters. The molecule has 1 aliphatic rings. The van der Waals surface area contributed by atoms with Crippen LogP contribution >= 0.6 is 0 Å². The van der Waals surface area contributed by atoms with Gasteiger partial charge in [-0.2, -0.15) is 26.3 Å². The summed E-state index contributed by atoms with van der Waals surface area (Å²) in [7, 11) is 1.11. The van der Waals surface area contributed by atoms with Gasteiger partial charge in [0.15, 0.2) is 5.75 Å². The number of halogens is 7. The largest absolute Gasteiger partial charge is 0.420 e. The van der Waals surface area contributed by atoms with Crippen molar-refractivity contribution >= 4 is 11.8 Å². The van der Waals surface area contributed by atoms with Crippen LogP contribution in [0.1, 0.15) is 11.1 Å². The van der Waals surface area contributed by atoms with Gasteiger partial charge in [0.05, 0.1) is 11.3 Å². The fourth-order valence-corrected chi connectivity index (χ4v) is 3.69. The highest BCUT2D eigenvalue weighted by Crippen LogP contribution is 2.44. The SMILES string of the molecule is CN(C(=O)Oc1c(-n2ccn(CC3CNC3)c2=O)cc(C(F)(F)F)cc1C(F)(F)F)c1ccc(F)cc1. The van der Waals surface area contributed by atoms with E-state index in [1.807, 2.05) is 0 Å². The monoisotopic (exact) mass is 532 g/mol. The number of anilines is 1. The van der Waals surface area contributed by atoms with Crippen LogP contribution in [0.5, 0.6) is 5.75 Å². The Morgan fingerprint density at radius 3 is 2.24 bits per heavy atom. The highest BCUT2D eigenvalue weighted by molar-refractivity contribution is 5.89. The Labute approximate surface area is 204 Å². The number of aromatic nitrogens is 2. The number of nitrogens with one attached hydrogen (secondary N) is 1. The summed E-state index contributed by atoms with van der Waals surface area (Å²) >= 11 is 0. The fourth-order valence-electron chi connectivity index (χ4n) is 3.69. The standard InChI is InChI=1S/C23H19F7N4O3/c1-32(16-4-2-15(24)3-5-16)21(36)37-19-17(23(28,29)30)8-14(22(25,26)27)9-18(19)34-7-6-33(20(34)35)12-13-10-31-11-13/h2-9,13,31H,10-12H2,1H3. The molecule has 1 amide bonds. The zero-order valence-corrected chi connectivity index (χ0v) is 19.0. The van der Waals surface area contributed by atoms with E-state index in [1.165, 1.54) is 6.20 Å². The molecule has 198 valence electrons. The average molecular weight is 532 g/mol. The number of imidazole rings is 1. The molecule has 3 aromatic rings.